The SMILES string of the molecule is CN(C[C@@H](O)c1ccco1)CN(Cc1ccc(F)c(F)c1)C(=O)c1cn(C)c2occc2c1=O. The number of hydrogen-bond donors (Lipinski definition) is 1. The Balaban J connectivity index is 1.64. The minimum Gasteiger partial charge on any atom is -0.467 e. The standard InChI is InChI=1S/C24H23F2N3O5/c1-27(13-20(30)21-4-3-8-33-21)14-29(11-15-5-6-18(25)19(26)10-15)23(32)17-12-28(2)24-16(22(17)31)7-9-34-24/h3-10,12,20,30H,11,13-14H2,1-2H3/t20-/m1/s1. The van der Waals surface area contributed by atoms with Crippen LogP contribution in [0.1, 0.15) is 27.8 Å². The zero-order valence-corrected chi connectivity index (χ0v) is 18.6. The van der Waals surface area contributed by atoms with Gasteiger partial charge in [0.1, 0.15) is 17.4 Å². The summed E-state index contributed by atoms with van der Waals surface area (Å²) in [5.74, 6) is -2.28. The van der Waals surface area contributed by atoms with Crippen LogP contribution in [0.25, 0.3) is 11.1 Å². The van der Waals surface area contributed by atoms with Gasteiger partial charge in [0.15, 0.2) is 11.6 Å². The average Bonchev–Trinajstić information content (AvgIpc) is 3.50. The van der Waals surface area contributed by atoms with E-state index in [4.69, 9.17) is 8.83 Å². The third-order valence-corrected chi connectivity index (χ3v) is 5.42. The molecule has 1 amide bonds. The van der Waals surface area contributed by atoms with Crippen LogP contribution in [0.5, 0.6) is 0 Å². The van der Waals surface area contributed by atoms with Crippen LogP contribution >= 0.6 is 0 Å². The molecule has 0 bridgehead atoms. The van der Waals surface area contributed by atoms with E-state index < -0.39 is 29.1 Å². The molecular weight excluding hydrogens is 448 g/mol. The van der Waals surface area contributed by atoms with E-state index in [9.17, 15) is 23.5 Å². The maximum absolute atomic E-state index is 13.8. The molecule has 0 radical (unpaired) electrons. The molecule has 4 rings (SSSR count). The molecule has 1 aromatic carbocycles. The van der Waals surface area contributed by atoms with Crippen molar-refractivity contribution in [2.24, 2.45) is 7.05 Å². The fourth-order valence-corrected chi connectivity index (χ4v) is 3.79. The summed E-state index contributed by atoms with van der Waals surface area (Å²) in [4.78, 5) is 29.4. The van der Waals surface area contributed by atoms with Crippen molar-refractivity contribution < 1.29 is 27.5 Å². The summed E-state index contributed by atoms with van der Waals surface area (Å²) in [5, 5.41) is 10.6. The van der Waals surface area contributed by atoms with Crippen LogP contribution in [-0.2, 0) is 13.6 Å². The zero-order valence-electron chi connectivity index (χ0n) is 18.6. The Morgan fingerprint density at radius 2 is 1.94 bits per heavy atom. The van der Waals surface area contributed by atoms with Crippen molar-refractivity contribution in [2.45, 2.75) is 12.6 Å². The summed E-state index contributed by atoms with van der Waals surface area (Å²) < 4.78 is 39.3. The van der Waals surface area contributed by atoms with Gasteiger partial charge < -0.3 is 23.4 Å². The number of carbonyl (C=O) groups excluding carboxylic acids is 1. The van der Waals surface area contributed by atoms with Crippen molar-refractivity contribution in [3.05, 3.63) is 93.9 Å². The number of furan rings is 2. The Hall–Kier alpha value is -3.76. The number of rotatable bonds is 8. The van der Waals surface area contributed by atoms with Gasteiger partial charge in [-0.2, -0.15) is 0 Å². The molecule has 0 aliphatic carbocycles. The number of carbonyl (C=O) groups is 1. The molecule has 0 saturated heterocycles. The molecule has 0 aliphatic heterocycles. The lowest BCUT2D eigenvalue weighted by atomic mass is 10.1. The van der Waals surface area contributed by atoms with E-state index in [2.05, 4.69) is 0 Å². The molecule has 0 fully saturated rings. The first kappa shape index (κ1) is 23.4. The Morgan fingerprint density at radius 1 is 1.15 bits per heavy atom. The highest BCUT2D eigenvalue weighted by Gasteiger charge is 2.24. The van der Waals surface area contributed by atoms with Gasteiger partial charge in [-0.25, -0.2) is 8.78 Å². The first-order chi connectivity index (χ1) is 16.2. The first-order valence-corrected chi connectivity index (χ1v) is 10.4. The quantitative estimate of drug-likeness (QED) is 0.397. The second kappa shape index (κ2) is 9.62. The molecule has 10 heteroatoms. The highest BCUT2D eigenvalue weighted by Crippen LogP contribution is 2.18. The maximum Gasteiger partial charge on any atom is 0.260 e. The van der Waals surface area contributed by atoms with Gasteiger partial charge in [0.2, 0.25) is 11.1 Å². The summed E-state index contributed by atoms with van der Waals surface area (Å²) >= 11 is 0. The van der Waals surface area contributed by atoms with E-state index in [1.54, 1.807) is 31.1 Å². The lowest BCUT2D eigenvalue weighted by molar-refractivity contribution is 0.0505. The molecule has 0 saturated carbocycles. The fraction of sp³-hybridized carbons (Fsp3) is 0.250. The summed E-state index contributed by atoms with van der Waals surface area (Å²) in [6, 6.07) is 8.12. The molecule has 34 heavy (non-hydrogen) atoms. The number of fused-ring (bicyclic) bond motifs is 1. The molecule has 0 unspecified atom stereocenters. The number of pyridine rings is 1. The van der Waals surface area contributed by atoms with E-state index in [0.717, 1.165) is 12.1 Å². The lowest BCUT2D eigenvalue weighted by Gasteiger charge is -2.29. The lowest BCUT2D eigenvalue weighted by Crippen LogP contribution is -2.42. The van der Waals surface area contributed by atoms with E-state index in [0.29, 0.717) is 17.0 Å². The Morgan fingerprint density at radius 3 is 2.65 bits per heavy atom. The number of nitrogens with zero attached hydrogens (tertiary/aromatic N) is 3. The zero-order chi connectivity index (χ0) is 24.4. The number of aliphatic hydroxyl groups is 1. The van der Waals surface area contributed by atoms with Crippen molar-refractivity contribution in [3.63, 3.8) is 0 Å². The number of benzene rings is 1. The summed E-state index contributed by atoms with van der Waals surface area (Å²) in [5.41, 5.74) is 0.0696. The van der Waals surface area contributed by atoms with Gasteiger partial charge in [-0.3, -0.25) is 14.5 Å². The maximum atomic E-state index is 13.8. The van der Waals surface area contributed by atoms with Gasteiger partial charge in [0.05, 0.1) is 24.6 Å². The smallest absolute Gasteiger partial charge is 0.260 e. The van der Waals surface area contributed by atoms with Crippen LogP contribution in [0.3, 0.4) is 0 Å². The molecule has 1 N–H and O–H groups in total. The average molecular weight is 471 g/mol. The number of aromatic nitrogens is 1. The summed E-state index contributed by atoms with van der Waals surface area (Å²) in [7, 11) is 3.32. The number of likely N-dealkylation sites (N-methyl/N-ethyl adjacent to an activating group) is 1. The predicted molar refractivity (Wildman–Crippen MR) is 119 cm³/mol. The minimum atomic E-state index is -1.04. The van der Waals surface area contributed by atoms with Gasteiger partial charge in [-0.15, -0.1) is 0 Å². The van der Waals surface area contributed by atoms with Crippen LogP contribution in [0.2, 0.25) is 0 Å². The van der Waals surface area contributed by atoms with Gasteiger partial charge in [-0.05, 0) is 42.9 Å². The Kier molecular flexibility index (Phi) is 6.62. The minimum absolute atomic E-state index is 0.0117. The molecule has 1 atom stereocenters. The molecule has 3 heterocycles. The molecule has 4 aromatic rings. The molecule has 0 spiro atoms. The highest BCUT2D eigenvalue weighted by molar-refractivity contribution is 5.96. The fourth-order valence-electron chi connectivity index (χ4n) is 3.79. The predicted octanol–water partition coefficient (Wildman–Crippen LogP) is 3.27. The van der Waals surface area contributed by atoms with Crippen molar-refractivity contribution in [3.8, 4) is 0 Å². The Bertz CT molecular complexity index is 1360. The van der Waals surface area contributed by atoms with Crippen LogP contribution in [0.4, 0.5) is 8.78 Å². The van der Waals surface area contributed by atoms with Gasteiger partial charge in [0, 0.05) is 26.3 Å². The normalized spacial score (nSPS) is 12.4. The topological polar surface area (TPSA) is 92.1 Å². The number of aliphatic hydroxyl groups excluding tert-OH is 1. The van der Waals surface area contributed by atoms with E-state index in [1.165, 1.54) is 40.3 Å². The third-order valence-electron chi connectivity index (χ3n) is 5.42. The summed E-state index contributed by atoms with van der Waals surface area (Å²) in [6.07, 6.45) is 3.24. The first-order valence-electron chi connectivity index (χ1n) is 10.4. The molecule has 8 nitrogen and oxygen atoms in total. The number of aryl methyl sites for hydroxylation is 1. The van der Waals surface area contributed by atoms with Crippen molar-refractivity contribution >= 4 is 17.0 Å². The Labute approximate surface area is 193 Å². The van der Waals surface area contributed by atoms with Crippen molar-refractivity contribution in [1.29, 1.82) is 0 Å². The molecular formula is C24H23F2N3O5. The molecule has 178 valence electrons. The second-order valence-corrected chi connectivity index (χ2v) is 8.09. The molecule has 3 aromatic heterocycles. The monoisotopic (exact) mass is 471 g/mol. The van der Waals surface area contributed by atoms with Crippen molar-refractivity contribution in [1.82, 2.24) is 14.4 Å². The highest BCUT2D eigenvalue weighted by atomic mass is 19.2. The van der Waals surface area contributed by atoms with Crippen LogP contribution in [0, 0.1) is 11.6 Å². The van der Waals surface area contributed by atoms with Crippen LogP contribution < -0.4 is 5.43 Å². The van der Waals surface area contributed by atoms with Crippen LogP contribution in [0.15, 0.2) is 68.8 Å². The van der Waals surface area contributed by atoms with Gasteiger partial charge in [0.25, 0.3) is 5.91 Å². The van der Waals surface area contributed by atoms with Gasteiger partial charge in [-0.1, -0.05) is 6.07 Å². The van der Waals surface area contributed by atoms with Gasteiger partial charge >= 0.3 is 0 Å². The number of hydrogen-bond acceptors (Lipinski definition) is 6. The third kappa shape index (κ3) is 4.78. The number of halogens is 2. The molecule has 0 aliphatic rings. The van der Waals surface area contributed by atoms with E-state index in [-0.39, 0.29) is 30.7 Å². The number of amides is 1. The largest absolute Gasteiger partial charge is 0.467 e. The van der Waals surface area contributed by atoms with Crippen molar-refractivity contribution in [2.75, 3.05) is 20.3 Å². The second-order valence-electron chi connectivity index (χ2n) is 8.09. The summed E-state index contributed by atoms with van der Waals surface area (Å²) in [6.45, 7) is 0.0137. The van der Waals surface area contributed by atoms with E-state index in [1.807, 2.05) is 0 Å². The van der Waals surface area contributed by atoms with Crippen LogP contribution in [-0.4, -0.2) is 45.6 Å². The van der Waals surface area contributed by atoms with E-state index >= 15 is 0 Å².